The maximum absolute atomic E-state index is 11.6. The van der Waals surface area contributed by atoms with E-state index in [1.165, 1.54) is 6.20 Å². The Bertz CT molecular complexity index is 399. The number of nitrogens with zero attached hydrogens (tertiary/aromatic N) is 1. The van der Waals surface area contributed by atoms with Gasteiger partial charge >= 0.3 is 0 Å². The van der Waals surface area contributed by atoms with Gasteiger partial charge in [0, 0.05) is 11.6 Å². The summed E-state index contributed by atoms with van der Waals surface area (Å²) >= 11 is 5.56. The summed E-state index contributed by atoms with van der Waals surface area (Å²) in [6.07, 6.45) is 1.40. The van der Waals surface area contributed by atoms with Crippen molar-refractivity contribution in [1.29, 1.82) is 0 Å². The van der Waals surface area contributed by atoms with E-state index in [0.29, 0.717) is 5.56 Å². The first-order valence-corrected chi connectivity index (χ1v) is 6.09. The number of halogens is 1. The zero-order valence-electron chi connectivity index (χ0n) is 7.91. The van der Waals surface area contributed by atoms with Crippen molar-refractivity contribution in [3.63, 3.8) is 0 Å². The monoisotopic (exact) mass is 237 g/mol. The lowest BCUT2D eigenvalue weighted by molar-refractivity contribution is 0.565. The standard InChI is InChI=1S/C7H12ClN3O2S/c1-5(2)11-14(12,13)7-6(3-8)4-9-10-7/h4-5,11H,3H2,1-2H3,(H,9,10). The minimum absolute atomic E-state index is 0.0428. The van der Waals surface area contributed by atoms with Crippen LogP contribution in [0.5, 0.6) is 0 Å². The van der Waals surface area contributed by atoms with Crippen LogP contribution in [0.2, 0.25) is 0 Å². The van der Waals surface area contributed by atoms with Crippen molar-refractivity contribution in [1.82, 2.24) is 14.9 Å². The predicted octanol–water partition coefficient (Wildman–Crippen LogP) is 0.835. The Morgan fingerprint density at radius 3 is 2.79 bits per heavy atom. The van der Waals surface area contributed by atoms with Crippen LogP contribution in [0, 0.1) is 0 Å². The van der Waals surface area contributed by atoms with Gasteiger partial charge in [0.1, 0.15) is 0 Å². The molecule has 0 unspecified atom stereocenters. The summed E-state index contributed by atoms with van der Waals surface area (Å²) in [5.41, 5.74) is 0.472. The number of H-pyrrole nitrogens is 1. The van der Waals surface area contributed by atoms with E-state index in [1.807, 2.05) is 0 Å². The number of alkyl halides is 1. The molecule has 1 rings (SSSR count). The molecule has 0 saturated heterocycles. The zero-order valence-corrected chi connectivity index (χ0v) is 9.48. The van der Waals surface area contributed by atoms with Crippen LogP contribution in [-0.4, -0.2) is 24.7 Å². The molecule has 0 bridgehead atoms. The molecule has 7 heteroatoms. The van der Waals surface area contributed by atoms with E-state index < -0.39 is 10.0 Å². The lowest BCUT2D eigenvalue weighted by Gasteiger charge is -2.08. The maximum Gasteiger partial charge on any atom is 0.258 e. The van der Waals surface area contributed by atoms with Gasteiger partial charge in [-0.05, 0) is 13.8 Å². The minimum atomic E-state index is -3.51. The zero-order chi connectivity index (χ0) is 10.8. The second kappa shape index (κ2) is 4.29. The van der Waals surface area contributed by atoms with Gasteiger partial charge in [-0.1, -0.05) is 0 Å². The van der Waals surface area contributed by atoms with E-state index in [2.05, 4.69) is 14.9 Å². The highest BCUT2D eigenvalue weighted by atomic mass is 35.5. The van der Waals surface area contributed by atoms with Crippen LogP contribution in [0.25, 0.3) is 0 Å². The van der Waals surface area contributed by atoms with Gasteiger partial charge in [-0.25, -0.2) is 13.1 Å². The van der Waals surface area contributed by atoms with Gasteiger partial charge in [-0.15, -0.1) is 11.6 Å². The molecule has 0 amide bonds. The fourth-order valence-corrected chi connectivity index (χ4v) is 2.66. The largest absolute Gasteiger partial charge is 0.266 e. The number of sulfonamides is 1. The maximum atomic E-state index is 11.6. The molecule has 2 N–H and O–H groups in total. The molecule has 1 aromatic rings. The molecule has 0 spiro atoms. The number of rotatable bonds is 4. The fraction of sp³-hybridized carbons (Fsp3) is 0.571. The van der Waals surface area contributed by atoms with Gasteiger partial charge in [-0.2, -0.15) is 5.10 Å². The van der Waals surface area contributed by atoms with E-state index in [-0.39, 0.29) is 16.9 Å². The third-order valence-corrected chi connectivity index (χ3v) is 3.44. The van der Waals surface area contributed by atoms with Crippen molar-refractivity contribution in [3.8, 4) is 0 Å². The summed E-state index contributed by atoms with van der Waals surface area (Å²) in [6, 6.07) is -0.161. The van der Waals surface area contributed by atoms with Crippen LogP contribution in [0.15, 0.2) is 11.2 Å². The van der Waals surface area contributed by atoms with Gasteiger partial charge in [0.05, 0.1) is 12.1 Å². The molecule has 0 aromatic carbocycles. The first-order chi connectivity index (χ1) is 6.47. The molecule has 14 heavy (non-hydrogen) atoms. The molecule has 0 fully saturated rings. The molecule has 1 heterocycles. The highest BCUT2D eigenvalue weighted by Crippen LogP contribution is 2.13. The molecular weight excluding hydrogens is 226 g/mol. The molecule has 0 aliphatic rings. The van der Waals surface area contributed by atoms with Crippen LogP contribution in [0.1, 0.15) is 19.4 Å². The van der Waals surface area contributed by atoms with Crippen LogP contribution >= 0.6 is 11.6 Å². The molecule has 0 aliphatic carbocycles. The Hall–Kier alpha value is -0.590. The predicted molar refractivity (Wildman–Crippen MR) is 53.6 cm³/mol. The summed E-state index contributed by atoms with van der Waals surface area (Å²) in [5.74, 6) is 0.116. The number of aromatic nitrogens is 2. The second-order valence-electron chi connectivity index (χ2n) is 3.13. The molecule has 5 nitrogen and oxygen atoms in total. The van der Waals surface area contributed by atoms with Gasteiger partial charge in [0.25, 0.3) is 10.0 Å². The Kier molecular flexibility index (Phi) is 3.52. The summed E-state index contributed by atoms with van der Waals surface area (Å²) in [6.45, 7) is 3.49. The Labute approximate surface area is 87.9 Å². The first-order valence-electron chi connectivity index (χ1n) is 4.08. The third kappa shape index (κ3) is 2.46. The molecule has 1 aromatic heterocycles. The smallest absolute Gasteiger partial charge is 0.258 e. The molecular formula is C7H12ClN3O2S. The van der Waals surface area contributed by atoms with Crippen molar-refractivity contribution in [3.05, 3.63) is 11.8 Å². The topological polar surface area (TPSA) is 74.8 Å². The number of hydrogen-bond donors (Lipinski definition) is 2. The van der Waals surface area contributed by atoms with E-state index in [1.54, 1.807) is 13.8 Å². The van der Waals surface area contributed by atoms with Crippen molar-refractivity contribution in [2.75, 3.05) is 0 Å². The third-order valence-electron chi connectivity index (χ3n) is 1.48. The van der Waals surface area contributed by atoms with E-state index >= 15 is 0 Å². The normalized spacial score (nSPS) is 12.3. The van der Waals surface area contributed by atoms with Crippen LogP contribution in [0.4, 0.5) is 0 Å². The SMILES string of the molecule is CC(C)NS(=O)(=O)c1[nH]ncc1CCl. The minimum Gasteiger partial charge on any atom is -0.266 e. The van der Waals surface area contributed by atoms with Crippen LogP contribution in [0.3, 0.4) is 0 Å². The molecule has 0 atom stereocenters. The number of aromatic amines is 1. The van der Waals surface area contributed by atoms with E-state index in [0.717, 1.165) is 0 Å². The molecule has 0 saturated carbocycles. The molecule has 0 aliphatic heterocycles. The first kappa shape index (κ1) is 11.5. The fourth-order valence-electron chi connectivity index (χ4n) is 0.996. The summed E-state index contributed by atoms with van der Waals surface area (Å²) in [4.78, 5) is 0. The lowest BCUT2D eigenvalue weighted by atomic mass is 10.4. The Morgan fingerprint density at radius 2 is 2.29 bits per heavy atom. The van der Waals surface area contributed by atoms with Gasteiger partial charge in [-0.3, -0.25) is 5.10 Å². The summed E-state index contributed by atoms with van der Waals surface area (Å²) < 4.78 is 25.7. The second-order valence-corrected chi connectivity index (χ2v) is 5.05. The molecule has 80 valence electrons. The van der Waals surface area contributed by atoms with Crippen molar-refractivity contribution in [2.24, 2.45) is 0 Å². The highest BCUT2D eigenvalue weighted by Gasteiger charge is 2.20. The van der Waals surface area contributed by atoms with E-state index in [9.17, 15) is 8.42 Å². The average molecular weight is 238 g/mol. The lowest BCUT2D eigenvalue weighted by Crippen LogP contribution is -2.31. The quantitative estimate of drug-likeness (QED) is 0.762. The van der Waals surface area contributed by atoms with Crippen LogP contribution < -0.4 is 4.72 Å². The Morgan fingerprint density at radius 1 is 1.64 bits per heavy atom. The van der Waals surface area contributed by atoms with Gasteiger partial charge in [0.15, 0.2) is 5.03 Å². The van der Waals surface area contributed by atoms with E-state index in [4.69, 9.17) is 11.6 Å². The van der Waals surface area contributed by atoms with Gasteiger partial charge < -0.3 is 0 Å². The van der Waals surface area contributed by atoms with Gasteiger partial charge in [0.2, 0.25) is 0 Å². The summed E-state index contributed by atoms with van der Waals surface area (Å²) in [7, 11) is -3.51. The number of hydrogen-bond acceptors (Lipinski definition) is 3. The number of nitrogens with one attached hydrogen (secondary N) is 2. The molecule has 0 radical (unpaired) electrons. The van der Waals surface area contributed by atoms with Crippen molar-refractivity contribution < 1.29 is 8.42 Å². The van der Waals surface area contributed by atoms with Crippen molar-refractivity contribution in [2.45, 2.75) is 30.8 Å². The van der Waals surface area contributed by atoms with Crippen LogP contribution in [-0.2, 0) is 15.9 Å². The Balaban J connectivity index is 3.04. The average Bonchev–Trinajstić information content (AvgIpc) is 2.48. The van der Waals surface area contributed by atoms with Crippen molar-refractivity contribution >= 4 is 21.6 Å². The highest BCUT2D eigenvalue weighted by molar-refractivity contribution is 7.89. The summed E-state index contributed by atoms with van der Waals surface area (Å²) in [5, 5.41) is 6.10.